The van der Waals surface area contributed by atoms with Crippen LogP contribution in [0, 0.1) is 10.5 Å². The molecule has 5 nitrogen and oxygen atoms in total. The van der Waals surface area contributed by atoms with Crippen molar-refractivity contribution in [2.75, 3.05) is 5.73 Å². The van der Waals surface area contributed by atoms with Crippen LogP contribution >= 0.6 is 34.1 Å². The molecule has 0 saturated heterocycles. The maximum absolute atomic E-state index is 5.83. The molecule has 0 bridgehead atoms. The molecule has 0 aromatic carbocycles. The van der Waals surface area contributed by atoms with Crippen LogP contribution in [0.2, 0.25) is 0 Å². The summed E-state index contributed by atoms with van der Waals surface area (Å²) >= 11 is 3.54. The van der Waals surface area contributed by atoms with Gasteiger partial charge < -0.3 is 5.73 Å². The number of aryl methyl sites for hydroxylation is 1. The van der Waals surface area contributed by atoms with Crippen molar-refractivity contribution in [3.8, 4) is 0 Å². The van der Waals surface area contributed by atoms with Gasteiger partial charge in [0.1, 0.15) is 5.82 Å². The van der Waals surface area contributed by atoms with E-state index in [2.05, 4.69) is 37.3 Å². The minimum absolute atomic E-state index is 0.651. The number of halogens is 1. The molecule has 2 aromatic heterocycles. The molecule has 0 amide bonds. The normalized spacial score (nSPS) is 10.7. The average Bonchev–Trinajstić information content (AvgIpc) is 2.68. The van der Waals surface area contributed by atoms with Crippen molar-refractivity contribution in [3.05, 3.63) is 20.3 Å². The minimum atomic E-state index is 0.651. The molecule has 2 rings (SSSR count). The highest BCUT2D eigenvalue weighted by molar-refractivity contribution is 14.1. The average molecular weight is 321 g/mol. The molecule has 2 aromatic rings. The zero-order valence-electron chi connectivity index (χ0n) is 7.44. The van der Waals surface area contributed by atoms with E-state index in [1.54, 1.807) is 10.9 Å². The molecule has 0 aliphatic carbocycles. The monoisotopic (exact) mass is 321 g/mol. The molecular formula is C7H8IN5S. The quantitative estimate of drug-likeness (QED) is 0.846. The molecule has 7 heteroatoms. The maximum Gasteiger partial charge on any atom is 0.135 e. The largest absolute Gasteiger partial charge is 0.383 e. The Morgan fingerprint density at radius 2 is 2.43 bits per heavy atom. The van der Waals surface area contributed by atoms with E-state index in [0.717, 1.165) is 14.1 Å². The second-order valence-corrected chi connectivity index (χ2v) is 4.82. The molecule has 0 spiro atoms. The lowest BCUT2D eigenvalue weighted by Crippen LogP contribution is -2.05. The van der Waals surface area contributed by atoms with Gasteiger partial charge in [-0.25, -0.2) is 4.68 Å². The van der Waals surface area contributed by atoms with Crippen LogP contribution in [0.25, 0.3) is 0 Å². The fraction of sp³-hybridized carbons (Fsp3) is 0.286. The number of anilines is 1. The molecule has 2 heterocycles. The van der Waals surface area contributed by atoms with E-state index < -0.39 is 0 Å². The van der Waals surface area contributed by atoms with Crippen LogP contribution in [0.1, 0.15) is 10.6 Å². The van der Waals surface area contributed by atoms with Gasteiger partial charge in [0, 0.05) is 0 Å². The van der Waals surface area contributed by atoms with E-state index in [9.17, 15) is 0 Å². The molecule has 0 radical (unpaired) electrons. The summed E-state index contributed by atoms with van der Waals surface area (Å²) in [5, 5.41) is 8.10. The van der Waals surface area contributed by atoms with Crippen molar-refractivity contribution in [2.24, 2.45) is 0 Å². The minimum Gasteiger partial charge on any atom is -0.383 e. The lowest BCUT2D eigenvalue weighted by Gasteiger charge is -2.01. The predicted molar refractivity (Wildman–Crippen MR) is 63.1 cm³/mol. The van der Waals surface area contributed by atoms with Crippen molar-refractivity contribution < 1.29 is 0 Å². The molecular weight excluding hydrogens is 313 g/mol. The third kappa shape index (κ3) is 1.73. The Morgan fingerprint density at radius 1 is 1.64 bits per heavy atom. The molecule has 0 aliphatic rings. The maximum atomic E-state index is 5.83. The number of nitrogen functional groups attached to an aromatic ring is 1. The van der Waals surface area contributed by atoms with Gasteiger partial charge >= 0.3 is 0 Å². The first-order chi connectivity index (χ1) is 6.68. The van der Waals surface area contributed by atoms with Crippen LogP contribution in [-0.2, 0) is 6.54 Å². The number of nitrogens with zero attached hydrogens (tertiary/aromatic N) is 4. The van der Waals surface area contributed by atoms with Gasteiger partial charge in [-0.1, -0.05) is 4.49 Å². The number of nitrogens with two attached hydrogens (primary N) is 1. The Bertz CT molecular complexity index is 449. The SMILES string of the molecule is Cc1nnsc1Cn1ncc(I)c1N. The fourth-order valence-corrected chi connectivity index (χ4v) is 2.05. The van der Waals surface area contributed by atoms with Crippen molar-refractivity contribution in [2.45, 2.75) is 13.5 Å². The summed E-state index contributed by atoms with van der Waals surface area (Å²) in [5.41, 5.74) is 6.77. The number of hydrogen-bond donors (Lipinski definition) is 1. The van der Waals surface area contributed by atoms with Gasteiger partial charge in [-0.15, -0.1) is 5.10 Å². The van der Waals surface area contributed by atoms with Crippen molar-refractivity contribution in [1.82, 2.24) is 19.4 Å². The van der Waals surface area contributed by atoms with Crippen LogP contribution < -0.4 is 5.73 Å². The summed E-state index contributed by atoms with van der Waals surface area (Å²) in [6.07, 6.45) is 1.75. The van der Waals surface area contributed by atoms with E-state index in [0.29, 0.717) is 12.4 Å². The summed E-state index contributed by atoms with van der Waals surface area (Å²) in [7, 11) is 0. The van der Waals surface area contributed by atoms with Gasteiger partial charge in [-0.05, 0) is 41.0 Å². The van der Waals surface area contributed by atoms with Crippen LogP contribution in [0.15, 0.2) is 6.20 Å². The van der Waals surface area contributed by atoms with E-state index in [4.69, 9.17) is 5.73 Å². The first kappa shape index (κ1) is 9.84. The zero-order valence-corrected chi connectivity index (χ0v) is 10.4. The first-order valence-electron chi connectivity index (χ1n) is 3.93. The highest BCUT2D eigenvalue weighted by Gasteiger charge is 2.08. The van der Waals surface area contributed by atoms with Crippen LogP contribution in [0.4, 0.5) is 5.82 Å². The van der Waals surface area contributed by atoms with Gasteiger partial charge in [0.25, 0.3) is 0 Å². The van der Waals surface area contributed by atoms with Gasteiger partial charge in [-0.3, -0.25) is 0 Å². The standard InChI is InChI=1S/C7H8IN5S/c1-4-6(14-12-11-4)3-13-7(9)5(8)2-10-13/h2H,3,9H2,1H3. The third-order valence-electron chi connectivity index (χ3n) is 1.87. The van der Waals surface area contributed by atoms with Gasteiger partial charge in [0.15, 0.2) is 0 Å². The summed E-state index contributed by atoms with van der Waals surface area (Å²) in [6.45, 7) is 2.59. The van der Waals surface area contributed by atoms with Crippen molar-refractivity contribution in [1.29, 1.82) is 0 Å². The van der Waals surface area contributed by atoms with E-state index in [1.165, 1.54) is 11.5 Å². The number of rotatable bonds is 2. The second kappa shape index (κ2) is 3.81. The zero-order chi connectivity index (χ0) is 10.1. The Kier molecular flexibility index (Phi) is 2.68. The van der Waals surface area contributed by atoms with E-state index in [1.807, 2.05) is 6.92 Å². The van der Waals surface area contributed by atoms with Gasteiger partial charge in [0.2, 0.25) is 0 Å². The molecule has 0 saturated carbocycles. The fourth-order valence-electron chi connectivity index (χ4n) is 1.03. The lowest BCUT2D eigenvalue weighted by atomic mass is 10.4. The van der Waals surface area contributed by atoms with Gasteiger partial charge in [0.05, 0.1) is 26.9 Å². The van der Waals surface area contributed by atoms with E-state index >= 15 is 0 Å². The molecule has 2 N–H and O–H groups in total. The Labute approximate surface area is 98.6 Å². The summed E-state index contributed by atoms with van der Waals surface area (Å²) in [5.74, 6) is 0.693. The summed E-state index contributed by atoms with van der Waals surface area (Å²) < 4.78 is 6.59. The predicted octanol–water partition coefficient (Wildman–Crippen LogP) is 1.28. The first-order valence-corrected chi connectivity index (χ1v) is 5.78. The third-order valence-corrected chi connectivity index (χ3v) is 3.51. The van der Waals surface area contributed by atoms with Crippen molar-refractivity contribution >= 4 is 39.9 Å². The van der Waals surface area contributed by atoms with Crippen LogP contribution in [-0.4, -0.2) is 19.4 Å². The summed E-state index contributed by atoms with van der Waals surface area (Å²) in [4.78, 5) is 1.09. The van der Waals surface area contributed by atoms with Crippen LogP contribution in [0.3, 0.4) is 0 Å². The highest BCUT2D eigenvalue weighted by Crippen LogP contribution is 2.17. The van der Waals surface area contributed by atoms with E-state index in [-0.39, 0.29) is 0 Å². The highest BCUT2D eigenvalue weighted by atomic mass is 127. The summed E-state index contributed by atoms with van der Waals surface area (Å²) in [6, 6.07) is 0. The lowest BCUT2D eigenvalue weighted by molar-refractivity contribution is 0.701. The smallest absolute Gasteiger partial charge is 0.135 e. The van der Waals surface area contributed by atoms with Crippen LogP contribution in [0.5, 0.6) is 0 Å². The topological polar surface area (TPSA) is 69.6 Å². The molecule has 0 atom stereocenters. The number of aromatic nitrogens is 4. The Balaban J connectivity index is 2.27. The van der Waals surface area contributed by atoms with Gasteiger partial charge in [-0.2, -0.15) is 5.10 Å². The Hall–Kier alpha value is -0.700. The molecule has 14 heavy (non-hydrogen) atoms. The number of hydrogen-bond acceptors (Lipinski definition) is 5. The molecule has 0 unspecified atom stereocenters. The molecule has 0 aliphatic heterocycles. The molecule has 74 valence electrons. The van der Waals surface area contributed by atoms with Crippen molar-refractivity contribution in [3.63, 3.8) is 0 Å². The second-order valence-electron chi connectivity index (χ2n) is 2.82. The molecule has 0 fully saturated rings. The Morgan fingerprint density at radius 3 is 2.93 bits per heavy atom.